The van der Waals surface area contributed by atoms with E-state index in [9.17, 15) is 0 Å². The molecule has 1 aromatic rings. The molecule has 0 aliphatic rings. The number of rotatable bonds is 0. The lowest BCUT2D eigenvalue weighted by Crippen LogP contribution is -1.47. The van der Waals surface area contributed by atoms with E-state index in [1.165, 1.54) is 0 Å². The molecule has 0 aromatic heterocycles. The van der Waals surface area contributed by atoms with Crippen molar-refractivity contribution in [1.29, 1.82) is 0 Å². The lowest BCUT2D eigenvalue weighted by Gasteiger charge is -1.69. The summed E-state index contributed by atoms with van der Waals surface area (Å²) in [6, 6.07) is 12.0. The highest BCUT2D eigenvalue weighted by atomic mass is 36.0. The second kappa shape index (κ2) is 12.3. The van der Waals surface area contributed by atoms with Crippen LogP contribution in [0.25, 0.3) is 0 Å². The molecule has 0 spiro atoms. The van der Waals surface area contributed by atoms with Crippen LogP contribution in [0.5, 0.6) is 0 Å². The average molecular weight is 215 g/mol. The topological polar surface area (TPSA) is 0 Å². The quantitative estimate of drug-likeness (QED) is 0.593. The molecule has 0 aliphatic carbocycles. The van der Waals surface area contributed by atoms with Gasteiger partial charge in [0.15, 0.2) is 0 Å². The summed E-state index contributed by atoms with van der Waals surface area (Å²) in [6.45, 7) is 0. The summed E-state index contributed by atoms with van der Waals surface area (Å²) in [5.74, 6) is 0. The zero-order valence-electron chi connectivity index (χ0n) is 5.34. The molecule has 0 nitrogen and oxygen atoms in total. The minimum absolute atomic E-state index is 0. The van der Waals surface area contributed by atoms with Crippen LogP contribution >= 0.6 is 41.5 Å². The predicted molar refractivity (Wildman–Crippen MR) is 56.8 cm³/mol. The summed E-state index contributed by atoms with van der Waals surface area (Å²) < 4.78 is 0. The Bertz CT molecular complexity index is 98.6. The zero-order valence-corrected chi connectivity index (χ0v) is 9.08. The summed E-state index contributed by atoms with van der Waals surface area (Å²) in [7, 11) is 10.1. The first kappa shape index (κ1) is 13.2. The molecule has 58 valence electrons. The van der Waals surface area contributed by atoms with E-state index in [0.717, 1.165) is 0 Å². The molecule has 10 heavy (non-hydrogen) atoms. The van der Waals surface area contributed by atoms with Crippen LogP contribution in [0.15, 0.2) is 36.4 Å². The molecule has 0 N–H and O–H groups in total. The monoisotopic (exact) mass is 214 g/mol. The summed E-state index contributed by atoms with van der Waals surface area (Å²) in [5.41, 5.74) is 0. The Morgan fingerprint density at radius 2 is 0.800 bits per heavy atom. The van der Waals surface area contributed by atoms with Crippen molar-refractivity contribution in [3.8, 4) is 0 Å². The fourth-order valence-electron chi connectivity index (χ4n) is 0.385. The molecule has 0 bridgehead atoms. The van der Waals surface area contributed by atoms with Gasteiger partial charge in [-0.2, -0.15) is 9.90 Å². The van der Waals surface area contributed by atoms with Gasteiger partial charge in [0.25, 0.3) is 0 Å². The molecule has 0 saturated carbocycles. The van der Waals surface area contributed by atoms with E-state index in [4.69, 9.17) is 0 Å². The van der Waals surface area contributed by atoms with Crippen LogP contribution in [0, 0.1) is 0 Å². The van der Waals surface area contributed by atoms with Gasteiger partial charge in [-0.05, 0) is 21.4 Å². The first-order valence-electron chi connectivity index (χ1n) is 2.31. The van der Waals surface area contributed by atoms with E-state index in [0.29, 0.717) is 10.2 Å². The van der Waals surface area contributed by atoms with Crippen LogP contribution in [-0.2, 0) is 0 Å². The van der Waals surface area contributed by atoms with E-state index in [1.54, 1.807) is 0 Å². The van der Waals surface area contributed by atoms with Gasteiger partial charge < -0.3 is 0 Å². The van der Waals surface area contributed by atoms with Crippen LogP contribution < -0.4 is 0 Å². The van der Waals surface area contributed by atoms with Gasteiger partial charge in [-0.1, -0.05) is 36.4 Å². The lowest BCUT2D eigenvalue weighted by molar-refractivity contribution is 1.72. The smallest absolute Gasteiger partial charge is 0.0523 e. The summed E-state index contributed by atoms with van der Waals surface area (Å²) >= 11 is 0. The first-order valence-corrected chi connectivity index (χ1v) is 4.78. The highest BCUT2D eigenvalue weighted by molar-refractivity contribution is 8.38. The third kappa shape index (κ3) is 11.4. The first-order chi connectivity index (χ1) is 4.41. The van der Waals surface area contributed by atoms with E-state index < -0.39 is 0 Å². The van der Waals surface area contributed by atoms with Crippen molar-refractivity contribution in [3.05, 3.63) is 36.4 Å². The van der Waals surface area contributed by atoms with Gasteiger partial charge >= 0.3 is 0 Å². The van der Waals surface area contributed by atoms with Gasteiger partial charge in [-0.15, -0.1) is 0 Å². The molecule has 4 heteroatoms. The van der Waals surface area contributed by atoms with Crippen molar-refractivity contribution in [2.75, 3.05) is 0 Å². The van der Waals surface area contributed by atoms with Gasteiger partial charge in [0.1, 0.15) is 0 Å². The van der Waals surface area contributed by atoms with Gasteiger partial charge in [0, 0.05) is 0 Å². The highest BCUT2D eigenvalue weighted by Gasteiger charge is 1.57. The van der Waals surface area contributed by atoms with Crippen LogP contribution in [-0.4, -0.2) is 0 Å². The molecule has 0 radical (unpaired) electrons. The largest absolute Gasteiger partial charge is 0.153 e. The maximum Gasteiger partial charge on any atom is 0.0523 e. The van der Waals surface area contributed by atoms with Crippen molar-refractivity contribution in [2.24, 2.45) is 0 Å². The van der Waals surface area contributed by atoms with E-state index >= 15 is 0 Å². The molecule has 0 amide bonds. The van der Waals surface area contributed by atoms with E-state index in [2.05, 4.69) is 21.4 Å². The number of benzene rings is 1. The Morgan fingerprint density at radius 1 is 0.700 bits per heavy atom. The van der Waals surface area contributed by atoms with E-state index in [-0.39, 0.29) is 9.90 Å². The molecule has 1 aromatic carbocycles. The van der Waals surface area contributed by atoms with Gasteiger partial charge in [0.05, 0.1) is 10.2 Å². The number of halogens is 2. The van der Waals surface area contributed by atoms with Crippen molar-refractivity contribution >= 4 is 41.5 Å². The van der Waals surface area contributed by atoms with Gasteiger partial charge in [-0.3, -0.25) is 0 Å². The minimum atomic E-state index is 0. The Labute approximate surface area is 77.9 Å². The summed E-state index contributed by atoms with van der Waals surface area (Å²) in [5, 5.41) is 0. The molecular weight excluding hydrogens is 206 g/mol. The molecule has 0 heterocycles. The van der Waals surface area contributed by atoms with Crippen LogP contribution in [0.2, 0.25) is 0 Å². The Hall–Kier alpha value is 0.580. The van der Waals surface area contributed by atoms with Gasteiger partial charge in [0.2, 0.25) is 0 Å². The Kier molecular flexibility index (Phi) is 16.2. The van der Waals surface area contributed by atoms with E-state index in [1.807, 2.05) is 36.4 Å². The SMILES string of the molecule is ClSCl.P.c1ccccc1. The number of hydrogen-bond donors (Lipinski definition) is 0. The zero-order chi connectivity index (χ0) is 6.95. The molecule has 1 rings (SSSR count). The summed E-state index contributed by atoms with van der Waals surface area (Å²) in [6.07, 6.45) is 0. The van der Waals surface area contributed by atoms with Crippen molar-refractivity contribution in [1.82, 2.24) is 0 Å². The van der Waals surface area contributed by atoms with Crippen LogP contribution in [0.3, 0.4) is 0 Å². The Balaban J connectivity index is 0. The summed E-state index contributed by atoms with van der Waals surface area (Å²) in [4.78, 5) is 0. The maximum absolute atomic E-state index is 4.68. The molecule has 1 atom stereocenters. The highest BCUT2D eigenvalue weighted by Crippen LogP contribution is 2.08. The number of hydrogen-bond acceptors (Lipinski definition) is 1. The predicted octanol–water partition coefficient (Wildman–Crippen LogP) is 3.77. The van der Waals surface area contributed by atoms with Crippen molar-refractivity contribution < 1.29 is 0 Å². The molecule has 0 aliphatic heterocycles. The second-order valence-corrected chi connectivity index (χ2v) is 2.73. The second-order valence-electron chi connectivity index (χ2n) is 1.21. The normalized spacial score (nSPS) is 6.60. The molecular formula is C6H9Cl2PS. The van der Waals surface area contributed by atoms with Crippen molar-refractivity contribution in [2.45, 2.75) is 0 Å². The third-order valence-corrected chi connectivity index (χ3v) is 0.667. The average Bonchev–Trinajstić information content (AvgIpc) is 1.93. The fraction of sp³-hybridized carbons (Fsp3) is 0. The lowest BCUT2D eigenvalue weighted by atomic mass is 10.4. The van der Waals surface area contributed by atoms with Crippen molar-refractivity contribution in [3.63, 3.8) is 0 Å². The molecule has 1 unspecified atom stereocenters. The molecule has 0 fully saturated rings. The van der Waals surface area contributed by atoms with Gasteiger partial charge in [-0.25, -0.2) is 0 Å². The van der Waals surface area contributed by atoms with Crippen LogP contribution in [0.4, 0.5) is 0 Å². The fourth-order valence-corrected chi connectivity index (χ4v) is 0.385. The Morgan fingerprint density at radius 3 is 0.900 bits per heavy atom. The third-order valence-electron chi connectivity index (χ3n) is 0.667. The maximum atomic E-state index is 4.68. The molecule has 0 saturated heterocycles. The standard InChI is InChI=1S/C6H6.Cl2S.H3P/c1-2-4-6-5-3-1;1-3-2;/h1-6H;;1H3. The minimum Gasteiger partial charge on any atom is -0.153 e. The van der Waals surface area contributed by atoms with Crippen LogP contribution in [0.1, 0.15) is 0 Å².